The molecule has 0 spiro atoms. The van der Waals surface area contributed by atoms with Crippen LogP contribution in [0.2, 0.25) is 0 Å². The van der Waals surface area contributed by atoms with Crippen LogP contribution in [0.25, 0.3) is 0 Å². The molecule has 38 heavy (non-hydrogen) atoms. The van der Waals surface area contributed by atoms with Crippen LogP contribution < -0.4 is 21.1 Å². The van der Waals surface area contributed by atoms with Crippen molar-refractivity contribution in [1.82, 2.24) is 0 Å². The molecular formula is C29H31F3N4O2. The summed E-state index contributed by atoms with van der Waals surface area (Å²) in [6.07, 6.45) is 1.50. The Bertz CT molecular complexity index is 1230. The maximum atomic E-state index is 12.6. The summed E-state index contributed by atoms with van der Waals surface area (Å²) in [5, 5.41) is 0. The number of anilines is 1. The van der Waals surface area contributed by atoms with E-state index in [1.807, 2.05) is 12.1 Å². The Morgan fingerprint density at radius 1 is 0.842 bits per heavy atom. The first-order chi connectivity index (χ1) is 18.2. The molecule has 6 nitrogen and oxygen atoms in total. The van der Waals surface area contributed by atoms with Gasteiger partial charge in [-0.25, -0.2) is 0 Å². The molecule has 9 heteroatoms. The number of guanidine groups is 1. The summed E-state index contributed by atoms with van der Waals surface area (Å²) in [4.78, 5) is 17.8. The lowest BCUT2D eigenvalue weighted by atomic mass is 9.84. The normalized spacial score (nSPS) is 14.1. The molecule has 0 heterocycles. The van der Waals surface area contributed by atoms with Crippen molar-refractivity contribution < 1.29 is 22.7 Å². The first-order valence-corrected chi connectivity index (χ1v) is 12.6. The van der Waals surface area contributed by atoms with Crippen molar-refractivity contribution >= 4 is 17.6 Å². The molecule has 3 aromatic rings. The SMILES string of the molecule is NC(N)=NC(=O)c1ccc(CN(Cc2ccc(OC(F)(F)F)cc2)c2ccc(C3CCCCC3)cc2)cc1. The lowest BCUT2D eigenvalue weighted by Gasteiger charge is -2.27. The number of ether oxygens (including phenoxy) is 1. The van der Waals surface area contributed by atoms with Gasteiger partial charge in [-0.15, -0.1) is 13.2 Å². The van der Waals surface area contributed by atoms with Gasteiger partial charge in [0.1, 0.15) is 5.75 Å². The average Bonchev–Trinajstić information content (AvgIpc) is 2.89. The fourth-order valence-corrected chi connectivity index (χ4v) is 4.80. The monoisotopic (exact) mass is 524 g/mol. The Hall–Kier alpha value is -4.01. The van der Waals surface area contributed by atoms with E-state index in [1.54, 1.807) is 24.3 Å². The number of halogens is 3. The van der Waals surface area contributed by atoms with Gasteiger partial charge < -0.3 is 21.1 Å². The second-order valence-electron chi connectivity index (χ2n) is 9.51. The van der Waals surface area contributed by atoms with Crippen LogP contribution in [0.3, 0.4) is 0 Å². The fraction of sp³-hybridized carbons (Fsp3) is 0.310. The average molecular weight is 525 g/mol. The Kier molecular flexibility index (Phi) is 8.55. The molecule has 200 valence electrons. The Labute approximate surface area is 220 Å². The number of alkyl halides is 3. The largest absolute Gasteiger partial charge is 0.573 e. The molecule has 0 aliphatic heterocycles. The number of nitrogens with zero attached hydrogens (tertiary/aromatic N) is 2. The van der Waals surface area contributed by atoms with E-state index < -0.39 is 12.3 Å². The Morgan fingerprint density at radius 3 is 1.92 bits per heavy atom. The summed E-state index contributed by atoms with van der Waals surface area (Å²) in [5.41, 5.74) is 15.1. The minimum absolute atomic E-state index is 0.259. The van der Waals surface area contributed by atoms with Gasteiger partial charge in [-0.2, -0.15) is 4.99 Å². The zero-order valence-corrected chi connectivity index (χ0v) is 21.0. The fourth-order valence-electron chi connectivity index (χ4n) is 4.80. The molecule has 0 atom stereocenters. The van der Waals surface area contributed by atoms with Crippen LogP contribution in [0.4, 0.5) is 18.9 Å². The maximum Gasteiger partial charge on any atom is 0.573 e. The summed E-state index contributed by atoms with van der Waals surface area (Å²) in [7, 11) is 0. The van der Waals surface area contributed by atoms with E-state index in [9.17, 15) is 18.0 Å². The smallest absolute Gasteiger partial charge is 0.406 e. The van der Waals surface area contributed by atoms with Gasteiger partial charge in [0.25, 0.3) is 5.91 Å². The molecule has 1 aliphatic rings. The molecule has 1 saturated carbocycles. The van der Waals surface area contributed by atoms with Gasteiger partial charge in [0.05, 0.1) is 0 Å². The minimum atomic E-state index is -4.73. The van der Waals surface area contributed by atoms with Gasteiger partial charge in [0.2, 0.25) is 0 Å². The molecular weight excluding hydrogens is 493 g/mol. The lowest BCUT2D eigenvalue weighted by molar-refractivity contribution is -0.274. The van der Waals surface area contributed by atoms with Crippen molar-refractivity contribution in [1.29, 1.82) is 0 Å². The number of aliphatic imine (C=N–C) groups is 1. The highest BCUT2D eigenvalue weighted by atomic mass is 19.4. The van der Waals surface area contributed by atoms with Gasteiger partial charge in [-0.3, -0.25) is 4.79 Å². The highest BCUT2D eigenvalue weighted by Crippen LogP contribution is 2.34. The van der Waals surface area contributed by atoms with Crippen LogP contribution in [0.15, 0.2) is 77.8 Å². The van der Waals surface area contributed by atoms with Gasteiger partial charge in [0.15, 0.2) is 5.96 Å². The van der Waals surface area contributed by atoms with Crippen molar-refractivity contribution in [3.63, 3.8) is 0 Å². The molecule has 0 unspecified atom stereocenters. The van der Waals surface area contributed by atoms with Crippen molar-refractivity contribution in [2.45, 2.75) is 57.5 Å². The number of benzene rings is 3. The zero-order chi connectivity index (χ0) is 27.1. The number of amides is 1. The molecule has 1 aliphatic carbocycles. The Morgan fingerprint density at radius 2 is 1.39 bits per heavy atom. The van der Waals surface area contributed by atoms with Crippen LogP contribution in [-0.2, 0) is 13.1 Å². The highest BCUT2D eigenvalue weighted by molar-refractivity contribution is 6.01. The molecule has 0 bridgehead atoms. The zero-order valence-electron chi connectivity index (χ0n) is 21.0. The predicted octanol–water partition coefficient (Wildman–Crippen LogP) is 6.25. The van der Waals surface area contributed by atoms with E-state index in [0.29, 0.717) is 24.6 Å². The van der Waals surface area contributed by atoms with E-state index in [0.717, 1.165) is 16.8 Å². The van der Waals surface area contributed by atoms with E-state index in [-0.39, 0.29) is 11.7 Å². The van der Waals surface area contributed by atoms with Crippen LogP contribution in [0, 0.1) is 0 Å². The topological polar surface area (TPSA) is 93.9 Å². The molecule has 0 saturated heterocycles. The third kappa shape index (κ3) is 7.74. The molecule has 0 aromatic heterocycles. The van der Waals surface area contributed by atoms with Crippen molar-refractivity contribution in [3.05, 3.63) is 95.1 Å². The van der Waals surface area contributed by atoms with Crippen LogP contribution in [-0.4, -0.2) is 18.2 Å². The second kappa shape index (κ2) is 12.0. The lowest BCUT2D eigenvalue weighted by Crippen LogP contribution is -2.24. The van der Waals surface area contributed by atoms with E-state index in [4.69, 9.17) is 11.5 Å². The summed E-state index contributed by atoms with van der Waals surface area (Å²) in [6.45, 7) is 0.976. The maximum absolute atomic E-state index is 12.6. The molecule has 4 N–H and O–H groups in total. The Balaban J connectivity index is 1.54. The van der Waals surface area contributed by atoms with Crippen molar-refractivity contribution in [3.8, 4) is 5.75 Å². The third-order valence-corrected chi connectivity index (χ3v) is 6.67. The first kappa shape index (κ1) is 27.0. The third-order valence-electron chi connectivity index (χ3n) is 6.67. The van der Waals surface area contributed by atoms with Gasteiger partial charge in [-0.05, 0) is 71.8 Å². The molecule has 1 amide bonds. The van der Waals surface area contributed by atoms with Crippen molar-refractivity contribution in [2.75, 3.05) is 4.90 Å². The number of carbonyl (C=O) groups is 1. The molecule has 1 fully saturated rings. The quantitative estimate of drug-likeness (QED) is 0.268. The first-order valence-electron chi connectivity index (χ1n) is 12.6. The second-order valence-corrected chi connectivity index (χ2v) is 9.51. The minimum Gasteiger partial charge on any atom is -0.406 e. The van der Waals surface area contributed by atoms with Crippen LogP contribution >= 0.6 is 0 Å². The predicted molar refractivity (Wildman–Crippen MR) is 142 cm³/mol. The number of rotatable bonds is 8. The van der Waals surface area contributed by atoms with E-state index >= 15 is 0 Å². The number of carbonyl (C=O) groups excluding carboxylic acids is 1. The summed E-state index contributed by atoms with van der Waals surface area (Å²) < 4.78 is 41.7. The molecule has 0 radical (unpaired) electrons. The van der Waals surface area contributed by atoms with Crippen molar-refractivity contribution in [2.24, 2.45) is 16.5 Å². The highest BCUT2D eigenvalue weighted by Gasteiger charge is 2.31. The molecule has 4 rings (SSSR count). The number of nitrogens with two attached hydrogens (primary N) is 2. The van der Waals surface area contributed by atoms with Gasteiger partial charge >= 0.3 is 6.36 Å². The van der Waals surface area contributed by atoms with Gasteiger partial charge in [-0.1, -0.05) is 55.7 Å². The van der Waals surface area contributed by atoms with E-state index in [1.165, 1.54) is 49.8 Å². The summed E-state index contributed by atoms with van der Waals surface area (Å²) in [6, 6.07) is 21.4. The van der Waals surface area contributed by atoms with E-state index in [2.05, 4.69) is 38.9 Å². The van der Waals surface area contributed by atoms with Crippen LogP contribution in [0.1, 0.15) is 65.1 Å². The number of hydrogen-bond acceptors (Lipinski definition) is 3. The summed E-state index contributed by atoms with van der Waals surface area (Å²) >= 11 is 0. The van der Waals surface area contributed by atoms with Gasteiger partial charge in [0, 0.05) is 24.3 Å². The summed E-state index contributed by atoms with van der Waals surface area (Å²) in [5.74, 6) is -0.491. The standard InChI is InChI=1S/C29H31F3N4O2/c30-29(31,32)38-26-16-8-21(9-17-26)19-36(18-20-6-10-24(11-7-20)27(37)35-28(33)34)25-14-12-23(13-15-25)22-4-2-1-3-5-22/h6-17,22H,1-5,18-19H2,(H4,33,34,35,37). The van der Waals surface area contributed by atoms with Crippen LogP contribution in [0.5, 0.6) is 5.75 Å². The number of hydrogen-bond donors (Lipinski definition) is 2. The molecule has 3 aromatic carbocycles.